The lowest BCUT2D eigenvalue weighted by molar-refractivity contribution is -0.117. The number of phenolic OH excluding ortho intramolecular Hbond substituents is 1. The molecular weight excluding hydrogens is 582 g/mol. The molecule has 0 aliphatic carbocycles. The highest BCUT2D eigenvalue weighted by molar-refractivity contribution is 8.00. The Morgan fingerprint density at radius 3 is 2.61 bits per heavy atom. The summed E-state index contributed by atoms with van der Waals surface area (Å²) in [5.41, 5.74) is 2.04. The average Bonchev–Trinajstić information content (AvgIpc) is 3.55. The third-order valence-electron chi connectivity index (χ3n) is 6.21. The number of halogens is 1. The van der Waals surface area contributed by atoms with Crippen LogP contribution < -0.4 is 9.64 Å². The van der Waals surface area contributed by atoms with Gasteiger partial charge in [0.25, 0.3) is 5.91 Å². The van der Waals surface area contributed by atoms with Crippen LogP contribution in [0.3, 0.4) is 0 Å². The van der Waals surface area contributed by atoms with Crippen molar-refractivity contribution in [2.24, 2.45) is 0 Å². The molecule has 2 N–H and O–H groups in total. The van der Waals surface area contributed by atoms with Crippen molar-refractivity contribution in [2.75, 3.05) is 11.5 Å². The van der Waals surface area contributed by atoms with Crippen molar-refractivity contribution >= 4 is 57.6 Å². The number of ether oxygens (including phenoxy) is 1. The van der Waals surface area contributed by atoms with Crippen LogP contribution in [0.15, 0.2) is 94.5 Å². The molecule has 0 saturated heterocycles. The van der Waals surface area contributed by atoms with Gasteiger partial charge in [-0.1, -0.05) is 95.4 Å². The Morgan fingerprint density at radius 2 is 1.85 bits per heavy atom. The van der Waals surface area contributed by atoms with Gasteiger partial charge in [0, 0.05) is 10.8 Å². The van der Waals surface area contributed by atoms with Crippen molar-refractivity contribution in [1.82, 2.24) is 10.2 Å². The number of aromatic nitrogens is 2. The van der Waals surface area contributed by atoms with E-state index in [1.54, 1.807) is 25.1 Å². The number of hydrogen-bond acceptors (Lipinski definition) is 9. The fourth-order valence-electron chi connectivity index (χ4n) is 4.28. The summed E-state index contributed by atoms with van der Waals surface area (Å²) in [7, 11) is 0. The van der Waals surface area contributed by atoms with E-state index >= 15 is 0 Å². The number of nitrogens with zero attached hydrogens (tertiary/aromatic N) is 3. The van der Waals surface area contributed by atoms with E-state index in [4.69, 9.17) is 16.3 Å². The first-order chi connectivity index (χ1) is 19.9. The lowest BCUT2D eigenvalue weighted by Crippen LogP contribution is -2.30. The van der Waals surface area contributed by atoms with Gasteiger partial charge in [0.15, 0.2) is 27.4 Å². The minimum absolute atomic E-state index is 0.0919. The van der Waals surface area contributed by atoms with E-state index in [9.17, 15) is 19.8 Å². The summed E-state index contributed by atoms with van der Waals surface area (Å²) in [6, 6.07) is 20.2. The minimum atomic E-state index is -1.04. The number of aromatic hydroxyl groups is 1. The first kappa shape index (κ1) is 28.4. The van der Waals surface area contributed by atoms with E-state index in [-0.39, 0.29) is 22.2 Å². The number of thioether (sulfide) groups is 1. The fourth-order valence-corrected chi connectivity index (χ4v) is 6.43. The maximum atomic E-state index is 13.5. The Morgan fingerprint density at radius 1 is 1.10 bits per heavy atom. The Balaban J connectivity index is 1.50. The van der Waals surface area contributed by atoms with Crippen LogP contribution in [0.25, 0.3) is 6.08 Å². The Kier molecular flexibility index (Phi) is 8.72. The molecule has 1 atom stereocenters. The van der Waals surface area contributed by atoms with E-state index in [0.717, 1.165) is 22.5 Å². The van der Waals surface area contributed by atoms with Crippen LogP contribution in [0.2, 0.25) is 5.02 Å². The second kappa shape index (κ2) is 12.6. The summed E-state index contributed by atoms with van der Waals surface area (Å²) in [6.45, 7) is 2.06. The van der Waals surface area contributed by atoms with Crippen LogP contribution in [0.5, 0.6) is 11.5 Å². The number of hydrogen-bond donors (Lipinski definition) is 2. The number of carbonyl (C=O) groups excluding carboxylic acids is 2. The summed E-state index contributed by atoms with van der Waals surface area (Å²) in [6.07, 6.45) is 2.93. The number of carbonyl (C=O) groups is 2. The summed E-state index contributed by atoms with van der Waals surface area (Å²) >= 11 is 8.84. The van der Waals surface area contributed by atoms with E-state index in [0.29, 0.717) is 27.3 Å². The highest BCUT2D eigenvalue weighted by atomic mass is 35.5. The van der Waals surface area contributed by atoms with Crippen molar-refractivity contribution < 1.29 is 24.5 Å². The molecule has 1 aromatic heterocycles. The molecule has 0 radical (unpaired) electrons. The van der Waals surface area contributed by atoms with Crippen molar-refractivity contribution in [1.29, 1.82) is 0 Å². The number of phenols is 1. The molecule has 2 heterocycles. The van der Waals surface area contributed by atoms with Gasteiger partial charge in [-0.2, -0.15) is 0 Å². The molecule has 0 fully saturated rings. The number of aliphatic hydroxyl groups excluding tert-OH is 1. The minimum Gasteiger partial charge on any atom is -0.504 e. The molecule has 1 amide bonds. The van der Waals surface area contributed by atoms with Gasteiger partial charge in [0.05, 0.1) is 18.2 Å². The van der Waals surface area contributed by atoms with Gasteiger partial charge < -0.3 is 14.9 Å². The first-order valence-corrected chi connectivity index (χ1v) is 14.7. The topological polar surface area (TPSA) is 113 Å². The van der Waals surface area contributed by atoms with Crippen LogP contribution in [-0.4, -0.2) is 38.7 Å². The van der Waals surface area contributed by atoms with Gasteiger partial charge in [0.2, 0.25) is 5.13 Å². The number of anilines is 1. The van der Waals surface area contributed by atoms with Crippen molar-refractivity contribution in [3.8, 4) is 11.5 Å². The Bertz CT molecular complexity index is 1650. The SMILES string of the molecule is CCOc1cc(C2C(C(=O)C=Cc3ccccc3)=C(O)C(=O)N2c2nnc(SCc3ccccc3Cl)s2)ccc1O. The zero-order valence-corrected chi connectivity index (χ0v) is 24.1. The van der Waals surface area contributed by atoms with Gasteiger partial charge >= 0.3 is 0 Å². The number of allylic oxidation sites excluding steroid dienone is 1. The fraction of sp³-hybridized carbons (Fsp3) is 0.133. The standard InChI is InChI=1S/C30H24ClN3O5S2/c1-2-39-24-16-19(13-15-22(24)35)26-25(23(36)14-12-18-8-4-3-5-9-18)27(37)28(38)34(26)29-32-33-30(41-29)40-17-20-10-6-7-11-21(20)31/h3-16,26,35,37H,2,17H2,1H3. The van der Waals surface area contributed by atoms with Crippen LogP contribution in [0.4, 0.5) is 5.13 Å². The van der Waals surface area contributed by atoms with E-state index in [1.807, 2.05) is 54.6 Å². The summed E-state index contributed by atoms with van der Waals surface area (Å²) < 4.78 is 6.13. The average molecular weight is 606 g/mol. The van der Waals surface area contributed by atoms with Gasteiger partial charge in [-0.05, 0) is 47.9 Å². The second-order valence-corrected chi connectivity index (χ2v) is 11.4. The van der Waals surface area contributed by atoms with Crippen LogP contribution >= 0.6 is 34.7 Å². The molecule has 1 aliphatic rings. The normalized spacial score (nSPS) is 15.2. The van der Waals surface area contributed by atoms with E-state index < -0.39 is 23.5 Å². The van der Waals surface area contributed by atoms with Gasteiger partial charge in [-0.25, -0.2) is 0 Å². The van der Waals surface area contributed by atoms with Crippen LogP contribution in [0.1, 0.15) is 29.7 Å². The molecule has 8 nitrogen and oxygen atoms in total. The number of ketones is 1. The highest BCUT2D eigenvalue weighted by Gasteiger charge is 2.45. The number of rotatable bonds is 10. The monoisotopic (exact) mass is 605 g/mol. The highest BCUT2D eigenvalue weighted by Crippen LogP contribution is 2.45. The van der Waals surface area contributed by atoms with Gasteiger partial charge in [-0.15, -0.1) is 10.2 Å². The molecule has 208 valence electrons. The zero-order chi connectivity index (χ0) is 28.9. The Hall–Kier alpha value is -4.12. The second-order valence-electron chi connectivity index (χ2n) is 8.84. The predicted octanol–water partition coefficient (Wildman–Crippen LogP) is 6.77. The molecule has 11 heteroatoms. The molecule has 0 saturated carbocycles. The molecule has 0 spiro atoms. The summed E-state index contributed by atoms with van der Waals surface area (Å²) in [5.74, 6) is -1.37. The molecular formula is C30H24ClN3O5S2. The number of aliphatic hydroxyl groups is 1. The molecule has 5 rings (SSSR count). The number of amides is 1. The van der Waals surface area contributed by atoms with Crippen LogP contribution in [0, 0.1) is 0 Å². The molecule has 41 heavy (non-hydrogen) atoms. The van der Waals surface area contributed by atoms with E-state index in [2.05, 4.69) is 10.2 Å². The van der Waals surface area contributed by atoms with E-state index in [1.165, 1.54) is 28.8 Å². The quantitative estimate of drug-likeness (QED) is 0.116. The van der Waals surface area contributed by atoms with Gasteiger partial charge in [0.1, 0.15) is 0 Å². The van der Waals surface area contributed by atoms with Crippen molar-refractivity contribution in [3.63, 3.8) is 0 Å². The predicted molar refractivity (Wildman–Crippen MR) is 161 cm³/mol. The molecule has 1 aliphatic heterocycles. The van der Waals surface area contributed by atoms with Crippen molar-refractivity contribution in [3.05, 3.63) is 112 Å². The molecule has 4 aromatic rings. The lowest BCUT2D eigenvalue weighted by Gasteiger charge is -2.24. The number of benzene rings is 3. The summed E-state index contributed by atoms with van der Waals surface area (Å²) in [4.78, 5) is 28.2. The third kappa shape index (κ3) is 6.14. The summed E-state index contributed by atoms with van der Waals surface area (Å²) in [5, 5.41) is 30.6. The molecule has 0 bridgehead atoms. The third-order valence-corrected chi connectivity index (χ3v) is 8.68. The lowest BCUT2D eigenvalue weighted by atomic mass is 9.95. The first-order valence-electron chi connectivity index (χ1n) is 12.6. The van der Waals surface area contributed by atoms with Crippen LogP contribution in [-0.2, 0) is 15.3 Å². The van der Waals surface area contributed by atoms with Crippen molar-refractivity contribution in [2.45, 2.75) is 23.1 Å². The molecule has 1 unspecified atom stereocenters. The molecule has 3 aromatic carbocycles. The maximum absolute atomic E-state index is 13.5. The largest absolute Gasteiger partial charge is 0.504 e. The zero-order valence-electron chi connectivity index (χ0n) is 21.7. The maximum Gasteiger partial charge on any atom is 0.296 e. The smallest absolute Gasteiger partial charge is 0.296 e. The van der Waals surface area contributed by atoms with Gasteiger partial charge in [-0.3, -0.25) is 14.5 Å². The Labute approximate surface area is 249 Å².